The molecule has 0 spiro atoms. The monoisotopic (exact) mass is 339 g/mol. The molecule has 2 rings (SSSR count). The van der Waals surface area contributed by atoms with Gasteiger partial charge in [0.25, 0.3) is 0 Å². The van der Waals surface area contributed by atoms with Crippen LogP contribution in [0.25, 0.3) is 0 Å². The number of sulfonamides is 1. The topological polar surface area (TPSA) is 46.6 Å². The third-order valence-electron chi connectivity index (χ3n) is 4.55. The molecule has 1 saturated heterocycles. The minimum Gasteiger partial charge on any atom is -0.492 e. The molecule has 23 heavy (non-hydrogen) atoms. The molecule has 1 atom stereocenters. The van der Waals surface area contributed by atoms with Gasteiger partial charge in [-0.25, -0.2) is 8.42 Å². The van der Waals surface area contributed by atoms with Crippen molar-refractivity contribution in [3.05, 3.63) is 23.3 Å². The maximum Gasteiger partial charge on any atom is 0.246 e. The molecule has 0 N–H and O–H groups in total. The fourth-order valence-corrected chi connectivity index (χ4v) is 4.70. The number of hydrogen-bond acceptors (Lipinski definition) is 3. The van der Waals surface area contributed by atoms with Crippen LogP contribution in [0.5, 0.6) is 5.75 Å². The Hall–Kier alpha value is -1.07. The average Bonchev–Trinajstić information content (AvgIpc) is 2.50. The molecular formula is C18H29NO3S. The maximum atomic E-state index is 13.1. The molecule has 4 nitrogen and oxygen atoms in total. The van der Waals surface area contributed by atoms with Crippen LogP contribution in [-0.4, -0.2) is 32.4 Å². The van der Waals surface area contributed by atoms with Crippen molar-refractivity contribution in [3.63, 3.8) is 0 Å². The standard InChI is InChI=1S/C18H29NO3S/c1-5-6-10-22-17-11-15(3)16(4)12-18(17)23(20,21)19-9-7-8-14(2)13-19/h11-12,14H,5-10,13H2,1-4H3/t14-/m0/s1. The smallest absolute Gasteiger partial charge is 0.246 e. The predicted octanol–water partition coefficient (Wildman–Crippen LogP) is 3.90. The fourth-order valence-electron chi connectivity index (χ4n) is 2.91. The van der Waals surface area contributed by atoms with Gasteiger partial charge in [-0.3, -0.25) is 0 Å². The summed E-state index contributed by atoms with van der Waals surface area (Å²) in [6.07, 6.45) is 3.97. The van der Waals surface area contributed by atoms with Crippen LogP contribution < -0.4 is 4.74 Å². The fraction of sp³-hybridized carbons (Fsp3) is 0.667. The van der Waals surface area contributed by atoms with Gasteiger partial charge in [0.2, 0.25) is 10.0 Å². The van der Waals surface area contributed by atoms with E-state index in [1.165, 1.54) is 0 Å². The van der Waals surface area contributed by atoms with Gasteiger partial charge in [0.05, 0.1) is 6.61 Å². The number of piperidine rings is 1. The van der Waals surface area contributed by atoms with Gasteiger partial charge in [0.1, 0.15) is 10.6 Å². The Bertz CT molecular complexity index is 640. The van der Waals surface area contributed by atoms with Crippen molar-refractivity contribution in [2.24, 2.45) is 5.92 Å². The Morgan fingerprint density at radius 3 is 2.61 bits per heavy atom. The molecule has 0 aliphatic carbocycles. The summed E-state index contributed by atoms with van der Waals surface area (Å²) in [5.41, 5.74) is 2.04. The second-order valence-corrected chi connectivity index (χ2v) is 8.60. The van der Waals surface area contributed by atoms with E-state index in [4.69, 9.17) is 4.74 Å². The quantitative estimate of drug-likeness (QED) is 0.738. The Balaban J connectivity index is 2.37. The first-order chi connectivity index (χ1) is 10.9. The summed E-state index contributed by atoms with van der Waals surface area (Å²) in [6, 6.07) is 3.64. The van der Waals surface area contributed by atoms with Crippen molar-refractivity contribution in [2.45, 2.75) is 58.3 Å². The van der Waals surface area contributed by atoms with E-state index >= 15 is 0 Å². The summed E-state index contributed by atoms with van der Waals surface area (Å²) >= 11 is 0. The Morgan fingerprint density at radius 2 is 1.96 bits per heavy atom. The largest absolute Gasteiger partial charge is 0.492 e. The van der Waals surface area contributed by atoms with Crippen LogP contribution in [-0.2, 0) is 10.0 Å². The molecule has 0 saturated carbocycles. The van der Waals surface area contributed by atoms with Crippen LogP contribution in [0.15, 0.2) is 17.0 Å². The second kappa shape index (κ2) is 7.67. The molecule has 0 amide bonds. The van der Waals surface area contributed by atoms with Crippen LogP contribution >= 0.6 is 0 Å². The van der Waals surface area contributed by atoms with E-state index in [9.17, 15) is 8.42 Å². The Labute approximate surface area is 140 Å². The van der Waals surface area contributed by atoms with Crippen LogP contribution in [0.1, 0.15) is 50.7 Å². The van der Waals surface area contributed by atoms with E-state index in [1.54, 1.807) is 10.4 Å². The number of benzene rings is 1. The van der Waals surface area contributed by atoms with E-state index in [1.807, 2.05) is 19.9 Å². The highest BCUT2D eigenvalue weighted by Crippen LogP contribution is 2.32. The lowest BCUT2D eigenvalue weighted by molar-refractivity contribution is 0.276. The number of nitrogens with zero attached hydrogens (tertiary/aromatic N) is 1. The maximum absolute atomic E-state index is 13.1. The van der Waals surface area contributed by atoms with Gasteiger partial charge < -0.3 is 4.74 Å². The molecule has 5 heteroatoms. The summed E-state index contributed by atoms with van der Waals surface area (Å²) < 4.78 is 33.6. The van der Waals surface area contributed by atoms with Gasteiger partial charge in [0.15, 0.2) is 0 Å². The number of rotatable bonds is 6. The van der Waals surface area contributed by atoms with E-state index in [2.05, 4.69) is 13.8 Å². The van der Waals surface area contributed by atoms with E-state index in [0.717, 1.165) is 36.8 Å². The molecule has 1 heterocycles. The van der Waals surface area contributed by atoms with Gasteiger partial charge >= 0.3 is 0 Å². The van der Waals surface area contributed by atoms with Gasteiger partial charge in [-0.05, 0) is 62.3 Å². The van der Waals surface area contributed by atoms with Crippen LogP contribution in [0.2, 0.25) is 0 Å². The zero-order chi connectivity index (χ0) is 17.0. The first kappa shape index (κ1) is 18.3. The number of aryl methyl sites for hydroxylation is 2. The zero-order valence-corrected chi connectivity index (χ0v) is 15.6. The molecule has 0 bridgehead atoms. The number of ether oxygens (including phenoxy) is 1. The van der Waals surface area contributed by atoms with E-state index in [0.29, 0.717) is 36.3 Å². The van der Waals surface area contributed by atoms with Gasteiger partial charge in [-0.2, -0.15) is 4.31 Å². The molecular weight excluding hydrogens is 310 g/mol. The molecule has 1 aliphatic heterocycles. The number of hydrogen-bond donors (Lipinski definition) is 0. The van der Waals surface area contributed by atoms with E-state index in [-0.39, 0.29) is 0 Å². The van der Waals surface area contributed by atoms with Crippen molar-refractivity contribution in [2.75, 3.05) is 19.7 Å². The van der Waals surface area contributed by atoms with Crippen molar-refractivity contribution in [1.29, 1.82) is 0 Å². The Kier molecular flexibility index (Phi) is 6.09. The first-order valence-corrected chi connectivity index (χ1v) is 10.0. The lowest BCUT2D eigenvalue weighted by Crippen LogP contribution is -2.39. The third-order valence-corrected chi connectivity index (χ3v) is 6.44. The molecule has 0 aromatic heterocycles. The van der Waals surface area contributed by atoms with Gasteiger partial charge in [-0.1, -0.05) is 20.3 Å². The van der Waals surface area contributed by atoms with Crippen LogP contribution in [0.3, 0.4) is 0 Å². The lowest BCUT2D eigenvalue weighted by Gasteiger charge is -2.30. The first-order valence-electron chi connectivity index (χ1n) is 8.60. The molecule has 0 unspecified atom stereocenters. The SMILES string of the molecule is CCCCOc1cc(C)c(C)cc1S(=O)(=O)N1CCC[C@H](C)C1. The molecule has 130 valence electrons. The van der Waals surface area contributed by atoms with Gasteiger partial charge in [0, 0.05) is 13.1 Å². The normalized spacial score (nSPS) is 19.7. The minimum absolute atomic E-state index is 0.325. The molecule has 0 radical (unpaired) electrons. The lowest BCUT2D eigenvalue weighted by atomic mass is 10.0. The van der Waals surface area contributed by atoms with Crippen molar-refractivity contribution in [1.82, 2.24) is 4.31 Å². The van der Waals surface area contributed by atoms with E-state index < -0.39 is 10.0 Å². The zero-order valence-electron chi connectivity index (χ0n) is 14.8. The predicted molar refractivity (Wildman–Crippen MR) is 93.5 cm³/mol. The van der Waals surface area contributed by atoms with Gasteiger partial charge in [-0.15, -0.1) is 0 Å². The summed E-state index contributed by atoms with van der Waals surface area (Å²) in [5, 5.41) is 0. The minimum atomic E-state index is -3.49. The van der Waals surface area contributed by atoms with Crippen LogP contribution in [0, 0.1) is 19.8 Å². The van der Waals surface area contributed by atoms with Crippen molar-refractivity contribution in [3.8, 4) is 5.75 Å². The van der Waals surface area contributed by atoms with Crippen molar-refractivity contribution >= 4 is 10.0 Å². The highest BCUT2D eigenvalue weighted by Gasteiger charge is 2.31. The highest BCUT2D eigenvalue weighted by atomic mass is 32.2. The molecule has 1 aromatic carbocycles. The molecule has 1 fully saturated rings. The molecule has 1 aliphatic rings. The summed E-state index contributed by atoms with van der Waals surface area (Å²) in [5.74, 6) is 0.911. The highest BCUT2D eigenvalue weighted by molar-refractivity contribution is 7.89. The number of unbranched alkanes of at least 4 members (excludes halogenated alkanes) is 1. The molecule has 1 aromatic rings. The second-order valence-electron chi connectivity index (χ2n) is 6.70. The summed E-state index contributed by atoms with van der Waals surface area (Å²) in [6.45, 7) is 9.90. The van der Waals surface area contributed by atoms with Crippen LogP contribution in [0.4, 0.5) is 0 Å². The summed E-state index contributed by atoms with van der Waals surface area (Å²) in [4.78, 5) is 0.325. The Morgan fingerprint density at radius 1 is 1.26 bits per heavy atom. The van der Waals surface area contributed by atoms with Crippen molar-refractivity contribution < 1.29 is 13.2 Å². The third kappa shape index (κ3) is 4.27. The summed E-state index contributed by atoms with van der Waals surface area (Å²) in [7, 11) is -3.49. The average molecular weight is 340 g/mol.